The maximum Gasteiger partial charge on any atom is 0.185 e. The number of aromatic nitrogens is 2. The van der Waals surface area contributed by atoms with Crippen molar-refractivity contribution in [2.75, 3.05) is 0 Å². The molecule has 0 N–H and O–H groups in total. The number of ketones is 1. The number of fused-ring (bicyclic) bond motifs is 2. The zero-order valence-corrected chi connectivity index (χ0v) is 19.0. The summed E-state index contributed by atoms with van der Waals surface area (Å²) in [5, 5.41) is 2.05. The highest BCUT2D eigenvalue weighted by molar-refractivity contribution is 6.09. The van der Waals surface area contributed by atoms with Gasteiger partial charge in [0.05, 0.1) is 22.4 Å². The first kappa shape index (κ1) is 20.9. The summed E-state index contributed by atoms with van der Waals surface area (Å²) in [5.74, 6) is -0.0603. The second-order valence-corrected chi connectivity index (χ2v) is 8.59. The van der Waals surface area contributed by atoms with Crippen molar-refractivity contribution in [3.63, 3.8) is 0 Å². The minimum Gasteiger partial charge on any atom is -0.292 e. The Morgan fingerprint density at radius 1 is 0.486 bits per heavy atom. The van der Waals surface area contributed by atoms with Gasteiger partial charge in [0.15, 0.2) is 5.78 Å². The molecule has 0 bridgehead atoms. The predicted molar refractivity (Wildman–Crippen MR) is 141 cm³/mol. The molecule has 166 valence electrons. The van der Waals surface area contributed by atoms with Crippen LogP contribution in [0.5, 0.6) is 0 Å². The van der Waals surface area contributed by atoms with Crippen LogP contribution in [0.3, 0.4) is 0 Å². The monoisotopic (exact) mass is 450 g/mol. The van der Waals surface area contributed by atoms with Gasteiger partial charge in [0.1, 0.15) is 5.41 Å². The van der Waals surface area contributed by atoms with Crippen LogP contribution in [0.4, 0.5) is 0 Å². The van der Waals surface area contributed by atoms with E-state index in [1.807, 2.05) is 133 Å². The average molecular weight is 451 g/mol. The molecule has 0 radical (unpaired) electrons. The Morgan fingerprint density at radius 3 is 1.49 bits per heavy atom. The lowest BCUT2D eigenvalue weighted by Gasteiger charge is -2.33. The molecule has 0 spiro atoms. The van der Waals surface area contributed by atoms with E-state index in [9.17, 15) is 4.79 Å². The third kappa shape index (κ3) is 3.49. The average Bonchev–Trinajstić information content (AvgIpc) is 2.94. The summed E-state index contributed by atoms with van der Waals surface area (Å²) in [5.41, 5.74) is 3.20. The molecule has 35 heavy (non-hydrogen) atoms. The van der Waals surface area contributed by atoms with E-state index >= 15 is 0 Å². The fourth-order valence-corrected chi connectivity index (χ4v) is 4.83. The van der Waals surface area contributed by atoms with Crippen molar-refractivity contribution in [3.8, 4) is 0 Å². The Morgan fingerprint density at radius 2 is 0.943 bits per heavy atom. The van der Waals surface area contributed by atoms with Crippen molar-refractivity contribution >= 4 is 27.6 Å². The molecular weight excluding hydrogens is 428 g/mol. The van der Waals surface area contributed by atoms with E-state index in [0.29, 0.717) is 17.0 Å². The van der Waals surface area contributed by atoms with E-state index in [2.05, 4.69) is 0 Å². The molecule has 6 rings (SSSR count). The molecule has 2 heterocycles. The second-order valence-electron chi connectivity index (χ2n) is 8.59. The molecular formula is C32H22N2O. The lowest BCUT2D eigenvalue weighted by Crippen LogP contribution is -2.40. The normalized spacial score (nSPS) is 11.5. The third-order valence-corrected chi connectivity index (χ3v) is 6.55. The molecule has 0 atom stereocenters. The molecule has 0 aliphatic heterocycles. The molecule has 6 aromatic rings. The summed E-state index contributed by atoms with van der Waals surface area (Å²) in [4.78, 5) is 24.8. The summed E-state index contributed by atoms with van der Waals surface area (Å²) < 4.78 is 0. The van der Waals surface area contributed by atoms with Crippen LogP contribution in [0.15, 0.2) is 133 Å². The van der Waals surface area contributed by atoms with E-state index < -0.39 is 5.41 Å². The molecule has 0 saturated carbocycles. The largest absolute Gasteiger partial charge is 0.292 e. The molecule has 2 aromatic heterocycles. The number of rotatable bonds is 5. The Kier molecular flexibility index (Phi) is 5.16. The molecule has 3 nitrogen and oxygen atoms in total. The van der Waals surface area contributed by atoms with Crippen LogP contribution in [-0.2, 0) is 5.41 Å². The van der Waals surface area contributed by atoms with Crippen LogP contribution in [0, 0.1) is 0 Å². The smallest absolute Gasteiger partial charge is 0.185 e. The van der Waals surface area contributed by atoms with Gasteiger partial charge < -0.3 is 0 Å². The molecule has 0 saturated heterocycles. The summed E-state index contributed by atoms with van der Waals surface area (Å²) in [6.07, 6.45) is 0. The number of nitrogens with zero attached hydrogens (tertiary/aromatic N) is 2. The van der Waals surface area contributed by atoms with Gasteiger partial charge in [-0.2, -0.15) is 0 Å². The number of benzene rings is 4. The van der Waals surface area contributed by atoms with Gasteiger partial charge in [-0.3, -0.25) is 14.8 Å². The summed E-state index contributed by atoms with van der Waals surface area (Å²) in [6, 6.07) is 43.3. The van der Waals surface area contributed by atoms with Gasteiger partial charge in [-0.1, -0.05) is 109 Å². The predicted octanol–water partition coefficient (Wildman–Crippen LogP) is 7.00. The van der Waals surface area contributed by atoms with Crippen molar-refractivity contribution in [1.29, 1.82) is 0 Å². The van der Waals surface area contributed by atoms with E-state index in [1.54, 1.807) is 0 Å². The number of Topliss-reactive ketones (excluding diaryl/α,β-unsaturated/α-hetero) is 1. The number of carbonyl (C=O) groups is 1. The highest BCUT2D eigenvalue weighted by atomic mass is 16.1. The highest BCUT2D eigenvalue weighted by Gasteiger charge is 2.47. The lowest BCUT2D eigenvalue weighted by molar-refractivity contribution is 0.0931. The molecule has 4 aromatic carbocycles. The zero-order valence-electron chi connectivity index (χ0n) is 19.0. The van der Waals surface area contributed by atoms with Crippen molar-refractivity contribution in [1.82, 2.24) is 9.97 Å². The third-order valence-electron chi connectivity index (χ3n) is 6.55. The second kappa shape index (κ2) is 8.62. The summed E-state index contributed by atoms with van der Waals surface area (Å²) >= 11 is 0. The minimum absolute atomic E-state index is 0.0603. The Hall–Kier alpha value is -4.63. The van der Waals surface area contributed by atoms with Gasteiger partial charge in [-0.25, -0.2) is 0 Å². The van der Waals surface area contributed by atoms with Crippen LogP contribution in [0.2, 0.25) is 0 Å². The van der Waals surface area contributed by atoms with E-state index in [1.165, 1.54) is 0 Å². The highest BCUT2D eigenvalue weighted by Crippen LogP contribution is 2.41. The number of carbonyl (C=O) groups excluding carboxylic acids is 1. The van der Waals surface area contributed by atoms with Gasteiger partial charge >= 0.3 is 0 Å². The fourth-order valence-electron chi connectivity index (χ4n) is 4.83. The number of para-hydroxylation sites is 2. The van der Waals surface area contributed by atoms with Crippen LogP contribution < -0.4 is 0 Å². The summed E-state index contributed by atoms with van der Waals surface area (Å²) in [6.45, 7) is 0. The van der Waals surface area contributed by atoms with Crippen molar-refractivity contribution in [2.24, 2.45) is 0 Å². The molecule has 0 fully saturated rings. The van der Waals surface area contributed by atoms with Crippen LogP contribution >= 0.6 is 0 Å². The van der Waals surface area contributed by atoms with Crippen LogP contribution in [0.25, 0.3) is 21.8 Å². The zero-order chi connectivity index (χ0) is 23.7. The number of hydrogen-bond acceptors (Lipinski definition) is 3. The molecule has 3 heteroatoms. The maximum atomic E-state index is 14.7. The van der Waals surface area contributed by atoms with Gasteiger partial charge in [0, 0.05) is 16.3 Å². The molecule has 0 aliphatic rings. The SMILES string of the molecule is O=C(c1ccccc1)C(c1ccccc1)(c1ccc2ccccc2n1)c1ccc2ccccc2n1. The van der Waals surface area contributed by atoms with E-state index in [4.69, 9.17) is 9.97 Å². The number of pyridine rings is 2. The number of hydrogen-bond donors (Lipinski definition) is 0. The fraction of sp³-hybridized carbons (Fsp3) is 0.0312. The quantitative estimate of drug-likeness (QED) is 0.266. The molecule has 0 amide bonds. The topological polar surface area (TPSA) is 42.9 Å². The van der Waals surface area contributed by atoms with Gasteiger partial charge in [0.2, 0.25) is 0 Å². The Balaban J connectivity index is 1.74. The van der Waals surface area contributed by atoms with Crippen LogP contribution in [-0.4, -0.2) is 15.8 Å². The van der Waals surface area contributed by atoms with E-state index in [0.717, 1.165) is 27.4 Å². The standard InChI is InChI=1S/C32H22N2O/c35-31(25-13-3-1-4-14-25)32(26-15-5-2-6-16-26,29-21-19-23-11-7-9-17-27(23)33-29)30-22-20-24-12-8-10-18-28(24)34-30/h1-22H. The Bertz CT molecular complexity index is 1580. The van der Waals surface area contributed by atoms with E-state index in [-0.39, 0.29) is 5.78 Å². The first-order chi connectivity index (χ1) is 17.3. The van der Waals surface area contributed by atoms with Gasteiger partial charge in [-0.15, -0.1) is 0 Å². The van der Waals surface area contributed by atoms with Crippen molar-refractivity contribution in [2.45, 2.75) is 5.41 Å². The van der Waals surface area contributed by atoms with Gasteiger partial charge in [0.25, 0.3) is 0 Å². The first-order valence-electron chi connectivity index (χ1n) is 11.6. The first-order valence-corrected chi connectivity index (χ1v) is 11.6. The van der Waals surface area contributed by atoms with Crippen molar-refractivity contribution in [3.05, 3.63) is 156 Å². The van der Waals surface area contributed by atoms with Gasteiger partial charge in [-0.05, 0) is 29.8 Å². The lowest BCUT2D eigenvalue weighted by atomic mass is 9.69. The molecule has 0 aliphatic carbocycles. The summed E-state index contributed by atoms with van der Waals surface area (Å²) in [7, 11) is 0. The Labute approximate surface area is 203 Å². The van der Waals surface area contributed by atoms with Crippen molar-refractivity contribution < 1.29 is 4.79 Å². The van der Waals surface area contributed by atoms with Crippen LogP contribution in [0.1, 0.15) is 27.3 Å². The maximum absolute atomic E-state index is 14.7. The molecule has 0 unspecified atom stereocenters. The minimum atomic E-state index is -1.23.